The Balaban J connectivity index is 2.38. The lowest BCUT2D eigenvalue weighted by atomic mass is 10.3. The highest BCUT2D eigenvalue weighted by Crippen LogP contribution is 2.26. The van der Waals surface area contributed by atoms with E-state index in [0.717, 1.165) is 0 Å². The molecule has 90 valence electrons. The molecule has 0 bridgehead atoms. The monoisotopic (exact) mass is 288 g/mol. The number of anilines is 1. The maximum Gasteiger partial charge on any atom is 0.186 e. The molecule has 1 aromatic carbocycles. The summed E-state index contributed by atoms with van der Waals surface area (Å²) in [7, 11) is -3.47. The minimum Gasteiger partial charge on any atom is -0.399 e. The van der Waals surface area contributed by atoms with Gasteiger partial charge in [0.15, 0.2) is 9.84 Å². The summed E-state index contributed by atoms with van der Waals surface area (Å²) in [6, 6.07) is 4.36. The van der Waals surface area contributed by atoms with Crippen LogP contribution in [-0.2, 0) is 15.6 Å². The van der Waals surface area contributed by atoms with Crippen LogP contribution in [-0.4, -0.2) is 13.4 Å². The van der Waals surface area contributed by atoms with Crippen LogP contribution >= 0.6 is 22.9 Å². The molecule has 0 saturated carbocycles. The van der Waals surface area contributed by atoms with Gasteiger partial charge in [0.05, 0.1) is 9.92 Å². The normalized spacial score (nSPS) is 11.6. The number of hydrogen-bond donors (Lipinski definition) is 1. The zero-order valence-corrected chi connectivity index (χ0v) is 11.0. The largest absolute Gasteiger partial charge is 0.399 e. The van der Waals surface area contributed by atoms with Crippen LogP contribution in [0.3, 0.4) is 0 Å². The Morgan fingerprint density at radius 3 is 2.76 bits per heavy atom. The summed E-state index contributed by atoms with van der Waals surface area (Å²) < 4.78 is 24.1. The third kappa shape index (κ3) is 2.77. The van der Waals surface area contributed by atoms with Crippen LogP contribution in [0.2, 0.25) is 5.02 Å². The van der Waals surface area contributed by atoms with Gasteiger partial charge in [-0.05, 0) is 18.2 Å². The van der Waals surface area contributed by atoms with Gasteiger partial charge in [0.1, 0.15) is 10.8 Å². The summed E-state index contributed by atoms with van der Waals surface area (Å²) in [5, 5.41) is 2.41. The zero-order chi connectivity index (χ0) is 12.5. The molecule has 0 aliphatic heterocycles. The molecule has 0 aliphatic carbocycles. The van der Waals surface area contributed by atoms with Gasteiger partial charge >= 0.3 is 0 Å². The van der Waals surface area contributed by atoms with Crippen LogP contribution in [0.5, 0.6) is 0 Å². The molecule has 0 radical (unpaired) electrons. The third-order valence-electron chi connectivity index (χ3n) is 2.09. The number of hydrogen-bond acceptors (Lipinski definition) is 5. The molecule has 0 fully saturated rings. The first kappa shape index (κ1) is 12.3. The van der Waals surface area contributed by atoms with Gasteiger partial charge in [0.2, 0.25) is 0 Å². The van der Waals surface area contributed by atoms with E-state index in [1.165, 1.54) is 29.5 Å². The summed E-state index contributed by atoms with van der Waals surface area (Å²) in [5.41, 5.74) is 5.95. The SMILES string of the molecule is Nc1ccc(S(=O)(=O)Cc2nccs2)c(Cl)c1. The van der Waals surface area contributed by atoms with Gasteiger partial charge in [-0.25, -0.2) is 13.4 Å². The lowest BCUT2D eigenvalue weighted by Crippen LogP contribution is -2.05. The Bertz CT molecular complexity index is 624. The van der Waals surface area contributed by atoms with Crippen molar-refractivity contribution >= 4 is 38.5 Å². The van der Waals surface area contributed by atoms with Crippen LogP contribution in [0.4, 0.5) is 5.69 Å². The van der Waals surface area contributed by atoms with Gasteiger partial charge in [0, 0.05) is 17.3 Å². The number of sulfone groups is 1. The smallest absolute Gasteiger partial charge is 0.186 e. The second-order valence-electron chi connectivity index (χ2n) is 3.37. The van der Waals surface area contributed by atoms with Crippen molar-refractivity contribution in [3.63, 3.8) is 0 Å². The second kappa shape index (κ2) is 4.64. The maximum absolute atomic E-state index is 12.1. The molecule has 2 rings (SSSR count). The highest BCUT2D eigenvalue weighted by atomic mass is 35.5. The number of rotatable bonds is 3. The Morgan fingerprint density at radius 1 is 1.41 bits per heavy atom. The number of nitrogens with two attached hydrogens (primary N) is 1. The first-order chi connectivity index (χ1) is 7.99. The fourth-order valence-corrected chi connectivity index (χ4v) is 4.20. The van der Waals surface area contributed by atoms with Gasteiger partial charge in [-0.15, -0.1) is 11.3 Å². The van der Waals surface area contributed by atoms with E-state index in [0.29, 0.717) is 10.7 Å². The molecule has 4 nitrogen and oxygen atoms in total. The summed E-state index contributed by atoms with van der Waals surface area (Å²) in [5.74, 6) is -0.145. The molecule has 0 saturated heterocycles. The van der Waals surface area contributed by atoms with E-state index in [1.54, 1.807) is 11.6 Å². The van der Waals surface area contributed by atoms with Crippen LogP contribution in [0.15, 0.2) is 34.7 Å². The standard InChI is InChI=1S/C10H9ClN2O2S2/c11-8-5-7(12)1-2-9(8)17(14,15)6-10-13-3-4-16-10/h1-5H,6,12H2. The van der Waals surface area contributed by atoms with Crippen molar-refractivity contribution < 1.29 is 8.42 Å². The number of benzene rings is 1. The molecule has 0 unspecified atom stereocenters. The lowest BCUT2D eigenvalue weighted by Gasteiger charge is -2.05. The maximum atomic E-state index is 12.1. The minimum atomic E-state index is -3.47. The summed E-state index contributed by atoms with van der Waals surface area (Å²) >= 11 is 7.17. The number of nitrogen functional groups attached to an aromatic ring is 1. The van der Waals surface area contributed by atoms with Crippen molar-refractivity contribution in [3.8, 4) is 0 Å². The van der Waals surface area contributed by atoms with Crippen molar-refractivity contribution in [3.05, 3.63) is 39.8 Å². The molecule has 0 spiro atoms. The fourth-order valence-electron chi connectivity index (χ4n) is 1.33. The molecular weight excluding hydrogens is 280 g/mol. The Kier molecular flexibility index (Phi) is 3.37. The first-order valence-electron chi connectivity index (χ1n) is 4.65. The van der Waals surface area contributed by atoms with Crippen molar-refractivity contribution in [2.75, 3.05) is 5.73 Å². The fraction of sp³-hybridized carbons (Fsp3) is 0.100. The van der Waals surface area contributed by atoms with Crippen LogP contribution < -0.4 is 5.73 Å². The van der Waals surface area contributed by atoms with E-state index >= 15 is 0 Å². The third-order valence-corrected chi connectivity index (χ3v) is 5.15. The van der Waals surface area contributed by atoms with Crippen molar-refractivity contribution in [1.82, 2.24) is 4.98 Å². The Hall–Kier alpha value is -1.11. The highest BCUT2D eigenvalue weighted by molar-refractivity contribution is 7.90. The van der Waals surface area contributed by atoms with Gasteiger partial charge in [-0.1, -0.05) is 11.6 Å². The lowest BCUT2D eigenvalue weighted by molar-refractivity contribution is 0.595. The molecule has 0 atom stereocenters. The summed E-state index contributed by atoms with van der Waals surface area (Å²) in [4.78, 5) is 4.03. The zero-order valence-electron chi connectivity index (χ0n) is 8.63. The molecule has 1 aromatic heterocycles. The van der Waals surface area contributed by atoms with Crippen molar-refractivity contribution in [1.29, 1.82) is 0 Å². The highest BCUT2D eigenvalue weighted by Gasteiger charge is 2.20. The first-order valence-corrected chi connectivity index (χ1v) is 7.56. The molecular formula is C10H9ClN2O2S2. The van der Waals surface area contributed by atoms with E-state index in [4.69, 9.17) is 17.3 Å². The average molecular weight is 289 g/mol. The quantitative estimate of drug-likeness (QED) is 0.880. The Labute approximate surface area is 108 Å². The predicted molar refractivity (Wildman–Crippen MR) is 68.9 cm³/mol. The molecule has 17 heavy (non-hydrogen) atoms. The number of aromatic nitrogens is 1. The summed E-state index contributed by atoms with van der Waals surface area (Å²) in [6.07, 6.45) is 1.57. The summed E-state index contributed by atoms with van der Waals surface area (Å²) in [6.45, 7) is 0. The van der Waals surface area contributed by atoms with Gasteiger partial charge in [0.25, 0.3) is 0 Å². The molecule has 7 heteroatoms. The molecule has 2 N–H and O–H groups in total. The van der Waals surface area contributed by atoms with Gasteiger partial charge in [-0.2, -0.15) is 0 Å². The van der Waals surface area contributed by atoms with Gasteiger partial charge < -0.3 is 5.73 Å². The predicted octanol–water partition coefficient (Wildman–Crippen LogP) is 2.35. The molecule has 2 aromatic rings. The number of nitrogens with zero attached hydrogens (tertiary/aromatic N) is 1. The van der Waals surface area contributed by atoms with Crippen molar-refractivity contribution in [2.24, 2.45) is 0 Å². The van der Waals surface area contributed by atoms with Gasteiger partial charge in [-0.3, -0.25) is 0 Å². The topological polar surface area (TPSA) is 73.1 Å². The van der Waals surface area contributed by atoms with Crippen molar-refractivity contribution in [2.45, 2.75) is 10.6 Å². The minimum absolute atomic E-state index is 0.0866. The van der Waals surface area contributed by atoms with Crippen LogP contribution in [0, 0.1) is 0 Å². The van der Waals surface area contributed by atoms with Crippen LogP contribution in [0.25, 0.3) is 0 Å². The van der Waals surface area contributed by atoms with E-state index in [1.807, 2.05) is 0 Å². The van der Waals surface area contributed by atoms with E-state index in [2.05, 4.69) is 4.98 Å². The van der Waals surface area contributed by atoms with Crippen LogP contribution in [0.1, 0.15) is 5.01 Å². The second-order valence-corrected chi connectivity index (χ2v) is 6.72. The van der Waals surface area contributed by atoms with E-state index in [-0.39, 0.29) is 15.7 Å². The molecule has 1 heterocycles. The molecule has 0 amide bonds. The Morgan fingerprint density at radius 2 is 2.18 bits per heavy atom. The molecule has 0 aliphatic rings. The number of thiazole rings is 1. The average Bonchev–Trinajstić information content (AvgIpc) is 2.68. The van der Waals surface area contributed by atoms with E-state index < -0.39 is 9.84 Å². The number of halogens is 1. The van der Waals surface area contributed by atoms with E-state index in [9.17, 15) is 8.42 Å².